The SMILES string of the molecule is COc1ccc(NC(=O)CN2C(=O)[C@@]3(SCC(=O)N3c3ccc(F)cc3)c3cccc(C)c32)cc1. The number of halogens is 1. The van der Waals surface area contributed by atoms with E-state index >= 15 is 0 Å². The van der Waals surface area contributed by atoms with Gasteiger partial charge < -0.3 is 10.1 Å². The summed E-state index contributed by atoms with van der Waals surface area (Å²) in [6, 6.07) is 17.9. The normalized spacial score (nSPS) is 18.8. The average Bonchev–Trinajstić information content (AvgIpc) is 3.31. The third kappa shape index (κ3) is 3.72. The van der Waals surface area contributed by atoms with Gasteiger partial charge in [0, 0.05) is 16.9 Å². The lowest BCUT2D eigenvalue weighted by molar-refractivity contribution is -0.124. The van der Waals surface area contributed by atoms with Crippen LogP contribution in [0.2, 0.25) is 0 Å². The second-order valence-electron chi connectivity index (χ2n) is 8.28. The molecule has 178 valence electrons. The molecule has 0 radical (unpaired) electrons. The van der Waals surface area contributed by atoms with Crippen molar-refractivity contribution in [2.45, 2.75) is 11.8 Å². The molecule has 0 saturated carbocycles. The van der Waals surface area contributed by atoms with Gasteiger partial charge in [0.15, 0.2) is 0 Å². The Balaban J connectivity index is 1.51. The van der Waals surface area contributed by atoms with Gasteiger partial charge in [-0.2, -0.15) is 0 Å². The van der Waals surface area contributed by atoms with E-state index in [1.165, 1.54) is 45.8 Å². The maximum absolute atomic E-state index is 14.0. The molecule has 0 aromatic heterocycles. The molecule has 1 spiro atoms. The Kier molecular flexibility index (Phi) is 5.72. The van der Waals surface area contributed by atoms with Gasteiger partial charge in [0.05, 0.1) is 18.6 Å². The number of carbonyl (C=O) groups excluding carboxylic acids is 3. The summed E-state index contributed by atoms with van der Waals surface area (Å²) in [6.07, 6.45) is 0. The van der Waals surface area contributed by atoms with Gasteiger partial charge in [0.25, 0.3) is 5.91 Å². The zero-order valence-electron chi connectivity index (χ0n) is 19.1. The highest BCUT2D eigenvalue weighted by molar-refractivity contribution is 8.02. The number of amides is 3. The number of thioether (sulfide) groups is 1. The number of fused-ring (bicyclic) bond motifs is 2. The summed E-state index contributed by atoms with van der Waals surface area (Å²) < 4.78 is 18.7. The molecule has 5 rings (SSSR count). The van der Waals surface area contributed by atoms with Crippen LogP contribution in [0.25, 0.3) is 0 Å². The van der Waals surface area contributed by atoms with Crippen LogP contribution in [0.4, 0.5) is 21.5 Å². The first kappa shape index (κ1) is 22.9. The van der Waals surface area contributed by atoms with Gasteiger partial charge >= 0.3 is 0 Å². The van der Waals surface area contributed by atoms with Crippen LogP contribution in [0, 0.1) is 12.7 Å². The van der Waals surface area contributed by atoms with E-state index in [0.29, 0.717) is 28.4 Å². The van der Waals surface area contributed by atoms with Crippen LogP contribution in [0.15, 0.2) is 66.7 Å². The van der Waals surface area contributed by atoms with Gasteiger partial charge in [-0.05, 0) is 61.0 Å². The molecule has 1 N–H and O–H groups in total. The summed E-state index contributed by atoms with van der Waals surface area (Å²) in [5.74, 6) is -0.709. The molecule has 1 fully saturated rings. The fourth-order valence-corrected chi connectivity index (χ4v) is 5.95. The molecule has 1 saturated heterocycles. The Morgan fingerprint density at radius 3 is 2.49 bits per heavy atom. The van der Waals surface area contributed by atoms with Crippen LogP contribution in [0.3, 0.4) is 0 Å². The molecule has 9 heteroatoms. The monoisotopic (exact) mass is 491 g/mol. The second kappa shape index (κ2) is 8.74. The van der Waals surface area contributed by atoms with Crippen LogP contribution < -0.4 is 19.9 Å². The van der Waals surface area contributed by atoms with E-state index in [9.17, 15) is 18.8 Å². The number of rotatable bonds is 5. The molecule has 0 unspecified atom stereocenters. The van der Waals surface area contributed by atoms with Crippen molar-refractivity contribution in [2.24, 2.45) is 0 Å². The minimum absolute atomic E-state index is 0.0857. The first-order valence-electron chi connectivity index (χ1n) is 10.9. The Labute approximate surface area is 205 Å². The number of methoxy groups -OCH3 is 1. The minimum Gasteiger partial charge on any atom is -0.497 e. The number of nitrogens with one attached hydrogen (secondary N) is 1. The second-order valence-corrected chi connectivity index (χ2v) is 9.45. The Morgan fingerprint density at radius 1 is 1.09 bits per heavy atom. The highest BCUT2D eigenvalue weighted by Crippen LogP contribution is 2.56. The van der Waals surface area contributed by atoms with Crippen molar-refractivity contribution < 1.29 is 23.5 Å². The quantitative estimate of drug-likeness (QED) is 0.582. The molecule has 0 aliphatic carbocycles. The number of ether oxygens (including phenoxy) is 1. The fraction of sp³-hybridized carbons (Fsp3) is 0.192. The van der Waals surface area contributed by atoms with Gasteiger partial charge in [-0.3, -0.25) is 24.2 Å². The molecule has 2 aliphatic heterocycles. The number of hydrogen-bond acceptors (Lipinski definition) is 5. The van der Waals surface area contributed by atoms with Gasteiger partial charge in [-0.1, -0.05) is 18.2 Å². The molecular weight excluding hydrogens is 469 g/mol. The molecule has 7 nitrogen and oxygen atoms in total. The third-order valence-electron chi connectivity index (χ3n) is 6.14. The lowest BCUT2D eigenvalue weighted by Crippen LogP contribution is -2.50. The lowest BCUT2D eigenvalue weighted by Gasteiger charge is -2.33. The lowest BCUT2D eigenvalue weighted by atomic mass is 10.0. The molecule has 3 aromatic rings. The number of nitrogens with zero attached hydrogens (tertiary/aromatic N) is 2. The molecule has 3 amide bonds. The zero-order valence-corrected chi connectivity index (χ0v) is 19.9. The molecular formula is C26H22FN3O4S. The van der Waals surface area contributed by atoms with Crippen molar-refractivity contribution in [1.29, 1.82) is 0 Å². The van der Waals surface area contributed by atoms with Crippen molar-refractivity contribution in [3.8, 4) is 5.75 Å². The summed E-state index contributed by atoms with van der Waals surface area (Å²) >= 11 is 1.21. The summed E-state index contributed by atoms with van der Waals surface area (Å²) in [7, 11) is 1.56. The van der Waals surface area contributed by atoms with E-state index in [-0.39, 0.29) is 30.0 Å². The Bertz CT molecular complexity index is 1330. The highest BCUT2D eigenvalue weighted by atomic mass is 32.2. The summed E-state index contributed by atoms with van der Waals surface area (Å²) in [6.45, 7) is 1.64. The van der Waals surface area contributed by atoms with Crippen LogP contribution in [-0.4, -0.2) is 37.1 Å². The third-order valence-corrected chi connectivity index (χ3v) is 7.52. The van der Waals surface area contributed by atoms with Gasteiger partial charge in [0.1, 0.15) is 18.1 Å². The first-order valence-corrected chi connectivity index (χ1v) is 11.9. The van der Waals surface area contributed by atoms with Crippen molar-refractivity contribution in [3.05, 3.63) is 83.7 Å². The number of hydrogen-bond donors (Lipinski definition) is 1. The number of benzene rings is 3. The molecule has 2 aliphatic rings. The Hall–Kier alpha value is -3.85. The van der Waals surface area contributed by atoms with Crippen LogP contribution in [0.1, 0.15) is 11.1 Å². The predicted octanol–water partition coefficient (Wildman–Crippen LogP) is 4.06. The van der Waals surface area contributed by atoms with E-state index in [1.54, 1.807) is 31.4 Å². The molecule has 2 heterocycles. The van der Waals surface area contributed by atoms with E-state index in [0.717, 1.165) is 5.56 Å². The fourth-order valence-electron chi connectivity index (χ4n) is 4.60. The van der Waals surface area contributed by atoms with Gasteiger partial charge in [0.2, 0.25) is 16.7 Å². The zero-order chi connectivity index (χ0) is 24.7. The van der Waals surface area contributed by atoms with Crippen molar-refractivity contribution in [3.63, 3.8) is 0 Å². The first-order chi connectivity index (χ1) is 16.8. The summed E-state index contributed by atoms with van der Waals surface area (Å²) in [4.78, 5) is 41.6. The number of aryl methyl sites for hydroxylation is 1. The minimum atomic E-state index is -1.36. The standard InChI is InChI=1S/C26H22FN3O4S/c1-16-4-3-5-21-24(16)29(14-22(31)28-18-8-12-20(34-2)13-9-18)25(33)26(21)30(23(32)15-35-26)19-10-6-17(27)7-11-19/h3-13H,14-15H2,1-2H3,(H,28,31)/t26-/m0/s1. The number of para-hydroxylation sites is 1. The topological polar surface area (TPSA) is 79.0 Å². The van der Waals surface area contributed by atoms with Crippen molar-refractivity contribution in [1.82, 2.24) is 0 Å². The smallest absolute Gasteiger partial charge is 0.269 e. The van der Waals surface area contributed by atoms with Gasteiger partial charge in [-0.25, -0.2) is 4.39 Å². The summed E-state index contributed by atoms with van der Waals surface area (Å²) in [5, 5.41) is 2.81. The van der Waals surface area contributed by atoms with Crippen molar-refractivity contribution >= 4 is 46.5 Å². The number of anilines is 3. The Morgan fingerprint density at radius 2 is 1.80 bits per heavy atom. The van der Waals surface area contributed by atoms with Crippen molar-refractivity contribution in [2.75, 3.05) is 34.5 Å². The average molecular weight is 492 g/mol. The molecule has 0 bridgehead atoms. The van der Waals surface area contributed by atoms with Crippen LogP contribution >= 0.6 is 11.8 Å². The van der Waals surface area contributed by atoms with Crippen LogP contribution in [-0.2, 0) is 19.3 Å². The maximum Gasteiger partial charge on any atom is 0.269 e. The van der Waals surface area contributed by atoms with E-state index in [2.05, 4.69) is 5.32 Å². The molecule has 1 atom stereocenters. The van der Waals surface area contributed by atoms with E-state index in [1.807, 2.05) is 25.1 Å². The maximum atomic E-state index is 14.0. The number of carbonyl (C=O) groups is 3. The van der Waals surface area contributed by atoms with Gasteiger partial charge in [-0.15, -0.1) is 11.8 Å². The van der Waals surface area contributed by atoms with Crippen LogP contribution in [0.5, 0.6) is 5.75 Å². The molecule has 3 aromatic carbocycles. The highest BCUT2D eigenvalue weighted by Gasteiger charge is 2.61. The van der Waals surface area contributed by atoms with E-state index < -0.39 is 10.7 Å². The van der Waals surface area contributed by atoms with E-state index in [4.69, 9.17) is 4.74 Å². The largest absolute Gasteiger partial charge is 0.497 e. The summed E-state index contributed by atoms with van der Waals surface area (Å²) in [5.41, 5.74) is 3.05. The molecule has 35 heavy (non-hydrogen) atoms. The predicted molar refractivity (Wildman–Crippen MR) is 133 cm³/mol.